The van der Waals surface area contributed by atoms with Gasteiger partial charge in [0.15, 0.2) is 0 Å². The van der Waals surface area contributed by atoms with E-state index in [4.69, 9.17) is 9.05 Å². The van der Waals surface area contributed by atoms with Gasteiger partial charge in [0.25, 0.3) is 0 Å². The van der Waals surface area contributed by atoms with Crippen LogP contribution in [0, 0.1) is 48.5 Å². The molecule has 3 aromatic carbocycles. The quantitative estimate of drug-likeness (QED) is 0.416. The van der Waals surface area contributed by atoms with E-state index in [1.807, 2.05) is 84.9 Å². The van der Waals surface area contributed by atoms with Crippen LogP contribution in [0.2, 0.25) is 0 Å². The van der Waals surface area contributed by atoms with Gasteiger partial charge in [-0.1, -0.05) is 42.0 Å². The lowest BCUT2D eigenvalue weighted by Crippen LogP contribution is -2.13. The molecule has 158 valence electrons. The highest BCUT2D eigenvalue weighted by Crippen LogP contribution is 2.51. The van der Waals surface area contributed by atoms with Gasteiger partial charge in [-0.25, -0.2) is 4.57 Å². The first-order valence-corrected chi connectivity index (χ1v) is 11.6. The molecule has 0 amide bonds. The van der Waals surface area contributed by atoms with Gasteiger partial charge in [0.2, 0.25) is 0 Å². The number of hydrogen-bond donors (Lipinski definition) is 1. The van der Waals surface area contributed by atoms with Crippen molar-refractivity contribution in [1.29, 1.82) is 0 Å². The van der Waals surface area contributed by atoms with Crippen molar-refractivity contribution in [1.82, 2.24) is 0 Å². The maximum atomic E-state index is 14.1. The van der Waals surface area contributed by atoms with Crippen LogP contribution in [0.1, 0.15) is 38.9 Å². The number of nitrogens with one attached hydrogen (secondary N) is 1. The Morgan fingerprint density at radius 2 is 1.10 bits per heavy atom. The van der Waals surface area contributed by atoms with Gasteiger partial charge in [0.05, 0.1) is 5.69 Å². The molecule has 0 unspecified atom stereocenters. The second kappa shape index (κ2) is 8.57. The van der Waals surface area contributed by atoms with Gasteiger partial charge in [0, 0.05) is 0 Å². The molecule has 3 aromatic rings. The van der Waals surface area contributed by atoms with Gasteiger partial charge in [-0.2, -0.15) is 0 Å². The standard InChI is InChI=1S/C25H30NO3P/c1-16-14-19(4)25(20(5)15-16)26-30(27,28-23-12-8-10-17(2)21(23)6)29-24-13-9-11-18(3)22(24)7/h8-15H,1-7H3,(H,26,27). The molecule has 0 aliphatic carbocycles. The van der Waals surface area contributed by atoms with Crippen LogP contribution in [0.15, 0.2) is 48.5 Å². The van der Waals surface area contributed by atoms with Crippen LogP contribution in [-0.4, -0.2) is 0 Å². The summed E-state index contributed by atoms with van der Waals surface area (Å²) in [6.45, 7) is 13.9. The summed E-state index contributed by atoms with van der Waals surface area (Å²) in [5.74, 6) is 1.08. The number of rotatable bonds is 6. The van der Waals surface area contributed by atoms with Gasteiger partial charge >= 0.3 is 7.75 Å². The summed E-state index contributed by atoms with van der Waals surface area (Å²) in [5.41, 5.74) is 7.88. The molecule has 1 N–H and O–H groups in total. The summed E-state index contributed by atoms with van der Waals surface area (Å²) in [5, 5.41) is 3.12. The van der Waals surface area contributed by atoms with E-state index in [0.717, 1.165) is 44.6 Å². The van der Waals surface area contributed by atoms with Gasteiger partial charge in [0.1, 0.15) is 11.5 Å². The molecule has 0 heterocycles. The summed E-state index contributed by atoms with van der Waals surface area (Å²) in [4.78, 5) is 0. The van der Waals surface area contributed by atoms with Crippen molar-refractivity contribution < 1.29 is 13.6 Å². The van der Waals surface area contributed by atoms with Crippen molar-refractivity contribution >= 4 is 13.4 Å². The summed E-state index contributed by atoms with van der Waals surface area (Å²) >= 11 is 0. The molecule has 3 rings (SSSR count). The van der Waals surface area contributed by atoms with E-state index in [1.54, 1.807) is 0 Å². The van der Waals surface area contributed by atoms with E-state index in [2.05, 4.69) is 17.2 Å². The molecular formula is C25H30NO3P. The summed E-state index contributed by atoms with van der Waals surface area (Å²) < 4.78 is 26.2. The van der Waals surface area contributed by atoms with E-state index in [-0.39, 0.29) is 0 Å². The molecular weight excluding hydrogens is 393 g/mol. The molecule has 0 bridgehead atoms. The minimum Gasteiger partial charge on any atom is -0.400 e. The fraction of sp³-hybridized carbons (Fsp3) is 0.280. The minimum atomic E-state index is -3.80. The maximum Gasteiger partial charge on any atom is 0.541 e. The van der Waals surface area contributed by atoms with Crippen LogP contribution in [-0.2, 0) is 4.57 Å². The third kappa shape index (κ3) is 4.71. The van der Waals surface area contributed by atoms with E-state index >= 15 is 0 Å². The average Bonchev–Trinajstić information content (AvgIpc) is 2.66. The van der Waals surface area contributed by atoms with Crippen LogP contribution in [0.5, 0.6) is 11.5 Å². The maximum absolute atomic E-state index is 14.1. The van der Waals surface area contributed by atoms with Gasteiger partial charge in [-0.15, -0.1) is 0 Å². The molecule has 0 aliphatic rings. The molecule has 0 fully saturated rings. The minimum absolute atomic E-state index is 0.540. The molecule has 30 heavy (non-hydrogen) atoms. The predicted octanol–water partition coefficient (Wildman–Crippen LogP) is 7.52. The average molecular weight is 423 g/mol. The van der Waals surface area contributed by atoms with E-state index < -0.39 is 7.75 Å². The Labute approximate surface area is 179 Å². The molecule has 0 saturated heterocycles. The fourth-order valence-corrected chi connectivity index (χ4v) is 5.13. The van der Waals surface area contributed by atoms with E-state index in [1.165, 1.54) is 0 Å². The van der Waals surface area contributed by atoms with Crippen molar-refractivity contribution in [3.05, 3.63) is 87.5 Å². The van der Waals surface area contributed by atoms with Gasteiger partial charge in [-0.3, -0.25) is 5.09 Å². The first-order chi connectivity index (χ1) is 14.1. The molecule has 0 aliphatic heterocycles. The number of anilines is 1. The second-order valence-corrected chi connectivity index (χ2v) is 9.55. The molecule has 4 nitrogen and oxygen atoms in total. The lowest BCUT2D eigenvalue weighted by atomic mass is 10.1. The van der Waals surface area contributed by atoms with Crippen LogP contribution < -0.4 is 14.1 Å². The summed E-state index contributed by atoms with van der Waals surface area (Å²) in [7, 11) is -3.80. The Kier molecular flexibility index (Phi) is 6.28. The Morgan fingerprint density at radius 1 is 0.667 bits per heavy atom. The Hall–Kier alpha value is -2.71. The predicted molar refractivity (Wildman–Crippen MR) is 125 cm³/mol. The highest BCUT2D eigenvalue weighted by Gasteiger charge is 2.32. The Morgan fingerprint density at radius 3 is 1.53 bits per heavy atom. The van der Waals surface area contributed by atoms with Crippen molar-refractivity contribution in [2.45, 2.75) is 48.5 Å². The van der Waals surface area contributed by atoms with Crippen LogP contribution in [0.3, 0.4) is 0 Å². The largest absolute Gasteiger partial charge is 0.541 e. The van der Waals surface area contributed by atoms with Crippen LogP contribution in [0.4, 0.5) is 5.69 Å². The molecule has 0 saturated carbocycles. The van der Waals surface area contributed by atoms with Crippen molar-refractivity contribution in [2.24, 2.45) is 0 Å². The number of aryl methyl sites for hydroxylation is 5. The Bertz CT molecular complexity index is 1060. The lowest BCUT2D eigenvalue weighted by molar-refractivity contribution is 0.390. The highest BCUT2D eigenvalue weighted by atomic mass is 31.2. The number of hydrogen-bond acceptors (Lipinski definition) is 3. The zero-order chi connectivity index (χ0) is 22.1. The summed E-state index contributed by atoms with van der Waals surface area (Å²) in [6.07, 6.45) is 0. The zero-order valence-electron chi connectivity index (χ0n) is 18.8. The lowest BCUT2D eigenvalue weighted by Gasteiger charge is -2.25. The third-order valence-corrected chi connectivity index (χ3v) is 6.84. The second-order valence-electron chi connectivity index (χ2n) is 7.96. The van der Waals surface area contributed by atoms with E-state index in [0.29, 0.717) is 11.5 Å². The normalized spacial score (nSPS) is 11.3. The third-order valence-electron chi connectivity index (χ3n) is 5.47. The molecule has 5 heteroatoms. The van der Waals surface area contributed by atoms with Gasteiger partial charge in [-0.05, 0) is 94.0 Å². The first-order valence-electron chi connectivity index (χ1n) is 10.1. The molecule has 0 atom stereocenters. The van der Waals surface area contributed by atoms with Crippen molar-refractivity contribution in [2.75, 3.05) is 5.09 Å². The molecule has 0 aromatic heterocycles. The summed E-state index contributed by atoms with van der Waals surface area (Å²) in [6, 6.07) is 15.5. The van der Waals surface area contributed by atoms with Crippen molar-refractivity contribution in [3.63, 3.8) is 0 Å². The smallest absolute Gasteiger partial charge is 0.400 e. The fourth-order valence-electron chi connectivity index (χ4n) is 3.46. The first kappa shape index (κ1) is 22.0. The van der Waals surface area contributed by atoms with Crippen LogP contribution >= 0.6 is 7.75 Å². The van der Waals surface area contributed by atoms with Gasteiger partial charge < -0.3 is 9.05 Å². The highest BCUT2D eigenvalue weighted by molar-refractivity contribution is 7.56. The monoisotopic (exact) mass is 423 g/mol. The van der Waals surface area contributed by atoms with Crippen molar-refractivity contribution in [3.8, 4) is 11.5 Å². The molecule has 0 radical (unpaired) electrons. The topological polar surface area (TPSA) is 47.6 Å². The SMILES string of the molecule is Cc1cc(C)c(NP(=O)(Oc2cccc(C)c2C)Oc2cccc(C)c2C)c(C)c1. The zero-order valence-corrected chi connectivity index (χ0v) is 19.7. The van der Waals surface area contributed by atoms with E-state index in [9.17, 15) is 4.57 Å². The Balaban J connectivity index is 2.07. The number of benzene rings is 3. The molecule has 0 spiro atoms. The van der Waals surface area contributed by atoms with Crippen LogP contribution in [0.25, 0.3) is 0 Å².